The lowest BCUT2D eigenvalue weighted by Crippen LogP contribution is -2.46. The number of anilines is 1. The SMILES string of the molecule is COc1cccc(-c2cccc(CN3CCN(c4ncccn4)CC3)c2)c1.O=C(O)C=CC(=O)O. The summed E-state index contributed by atoms with van der Waals surface area (Å²) < 4.78 is 5.35. The predicted molar refractivity (Wildman–Crippen MR) is 132 cm³/mol. The molecule has 0 unspecified atom stereocenters. The fourth-order valence-corrected chi connectivity index (χ4v) is 3.61. The highest BCUT2D eigenvalue weighted by Crippen LogP contribution is 2.25. The molecule has 0 aliphatic carbocycles. The van der Waals surface area contributed by atoms with Crippen LogP contribution in [0.15, 0.2) is 79.1 Å². The van der Waals surface area contributed by atoms with Crippen molar-refractivity contribution in [1.82, 2.24) is 14.9 Å². The van der Waals surface area contributed by atoms with Crippen LogP contribution in [0.25, 0.3) is 11.1 Å². The number of aromatic nitrogens is 2. The molecule has 0 atom stereocenters. The van der Waals surface area contributed by atoms with Crippen molar-refractivity contribution in [2.45, 2.75) is 6.54 Å². The quantitative estimate of drug-likeness (QED) is 0.496. The zero-order chi connectivity index (χ0) is 25.0. The normalized spacial score (nSPS) is 13.7. The molecule has 1 aliphatic heterocycles. The fourth-order valence-electron chi connectivity index (χ4n) is 3.61. The standard InChI is InChI=1S/C22H24N4O.C4H4O4/c1-27-21-8-3-7-20(16-21)19-6-2-5-18(15-19)17-25-11-13-26(14-12-25)22-23-9-4-10-24-22;5-3(6)1-2-4(7)8/h2-10,15-16H,11-14,17H2,1H3;1-2H,(H,5,6)(H,7,8). The second-order valence-corrected chi connectivity index (χ2v) is 7.75. The van der Waals surface area contributed by atoms with E-state index in [-0.39, 0.29) is 0 Å². The number of aliphatic carboxylic acids is 2. The number of piperazine rings is 1. The summed E-state index contributed by atoms with van der Waals surface area (Å²) >= 11 is 0. The fraction of sp³-hybridized carbons (Fsp3) is 0.231. The van der Waals surface area contributed by atoms with Gasteiger partial charge in [-0.3, -0.25) is 4.90 Å². The smallest absolute Gasteiger partial charge is 0.328 e. The molecule has 2 N–H and O–H groups in total. The number of nitrogens with zero attached hydrogens (tertiary/aromatic N) is 4. The summed E-state index contributed by atoms with van der Waals surface area (Å²) in [6.45, 7) is 4.91. The number of methoxy groups -OCH3 is 1. The van der Waals surface area contributed by atoms with Crippen LogP contribution in [-0.4, -0.2) is 70.3 Å². The van der Waals surface area contributed by atoms with Gasteiger partial charge in [-0.15, -0.1) is 0 Å². The zero-order valence-corrected chi connectivity index (χ0v) is 19.4. The van der Waals surface area contributed by atoms with Crippen molar-refractivity contribution >= 4 is 17.9 Å². The second-order valence-electron chi connectivity index (χ2n) is 7.75. The Balaban J connectivity index is 0.000000371. The molecule has 9 nitrogen and oxygen atoms in total. The summed E-state index contributed by atoms with van der Waals surface area (Å²) in [7, 11) is 1.70. The van der Waals surface area contributed by atoms with Crippen molar-refractivity contribution in [1.29, 1.82) is 0 Å². The van der Waals surface area contributed by atoms with Gasteiger partial charge in [0, 0.05) is 57.3 Å². The molecule has 0 bridgehead atoms. The van der Waals surface area contributed by atoms with Crippen molar-refractivity contribution in [3.05, 3.63) is 84.7 Å². The molecule has 9 heteroatoms. The van der Waals surface area contributed by atoms with E-state index in [1.807, 2.05) is 18.2 Å². The van der Waals surface area contributed by atoms with Crippen LogP contribution in [0.5, 0.6) is 5.75 Å². The minimum Gasteiger partial charge on any atom is -0.497 e. The molecule has 0 saturated carbocycles. The first-order valence-corrected chi connectivity index (χ1v) is 11.1. The first-order valence-electron chi connectivity index (χ1n) is 11.1. The second kappa shape index (κ2) is 12.9. The highest BCUT2D eigenvalue weighted by atomic mass is 16.5. The van der Waals surface area contributed by atoms with E-state index >= 15 is 0 Å². The highest BCUT2D eigenvalue weighted by molar-refractivity contribution is 5.89. The number of carboxylic acid groups (broad SMARTS) is 2. The van der Waals surface area contributed by atoms with E-state index in [1.165, 1.54) is 16.7 Å². The van der Waals surface area contributed by atoms with E-state index < -0.39 is 11.9 Å². The molecular weight excluding hydrogens is 448 g/mol. The predicted octanol–water partition coefficient (Wildman–Crippen LogP) is 3.19. The van der Waals surface area contributed by atoms with Gasteiger partial charge in [0.2, 0.25) is 5.95 Å². The van der Waals surface area contributed by atoms with Gasteiger partial charge in [-0.05, 0) is 41.0 Å². The van der Waals surface area contributed by atoms with Crippen LogP contribution in [-0.2, 0) is 16.1 Å². The number of benzene rings is 2. The molecule has 0 spiro atoms. The molecule has 2 aromatic carbocycles. The molecule has 1 aromatic heterocycles. The molecule has 182 valence electrons. The lowest BCUT2D eigenvalue weighted by molar-refractivity contribution is -0.134. The van der Waals surface area contributed by atoms with Gasteiger partial charge < -0.3 is 19.8 Å². The molecule has 1 fully saturated rings. The third-order valence-electron chi connectivity index (χ3n) is 5.31. The maximum absolute atomic E-state index is 9.55. The molecule has 0 radical (unpaired) electrons. The Morgan fingerprint density at radius 2 is 1.49 bits per heavy atom. The molecule has 4 rings (SSSR count). The van der Waals surface area contributed by atoms with Crippen LogP contribution < -0.4 is 9.64 Å². The molecule has 3 aromatic rings. The topological polar surface area (TPSA) is 116 Å². The summed E-state index contributed by atoms with van der Waals surface area (Å²) in [5.41, 5.74) is 3.74. The molecule has 1 aliphatic rings. The van der Waals surface area contributed by atoms with Gasteiger partial charge in [-0.2, -0.15) is 0 Å². The van der Waals surface area contributed by atoms with Crippen LogP contribution in [0.2, 0.25) is 0 Å². The van der Waals surface area contributed by atoms with Crippen molar-refractivity contribution < 1.29 is 24.5 Å². The molecular formula is C26H28N4O5. The van der Waals surface area contributed by atoms with E-state index in [0.717, 1.165) is 44.4 Å². The first-order chi connectivity index (χ1) is 16.9. The molecule has 1 saturated heterocycles. The maximum atomic E-state index is 9.55. The van der Waals surface area contributed by atoms with E-state index in [0.29, 0.717) is 12.2 Å². The molecule has 2 heterocycles. The summed E-state index contributed by atoms with van der Waals surface area (Å²) in [5, 5.41) is 15.6. The largest absolute Gasteiger partial charge is 0.497 e. The minimum absolute atomic E-state index is 0.558. The number of rotatable bonds is 7. The lowest BCUT2D eigenvalue weighted by atomic mass is 10.0. The van der Waals surface area contributed by atoms with E-state index in [1.54, 1.807) is 19.5 Å². The Hall–Kier alpha value is -4.24. The van der Waals surface area contributed by atoms with Gasteiger partial charge in [0.1, 0.15) is 5.75 Å². The lowest BCUT2D eigenvalue weighted by Gasteiger charge is -2.34. The zero-order valence-electron chi connectivity index (χ0n) is 19.4. The first kappa shape index (κ1) is 25.4. The Labute approximate surface area is 203 Å². The summed E-state index contributed by atoms with van der Waals surface area (Å²) in [5.74, 6) is -0.797. The van der Waals surface area contributed by atoms with Crippen LogP contribution >= 0.6 is 0 Å². The average molecular weight is 477 g/mol. The van der Waals surface area contributed by atoms with Gasteiger partial charge in [-0.25, -0.2) is 19.6 Å². The van der Waals surface area contributed by atoms with Crippen molar-refractivity contribution in [3.63, 3.8) is 0 Å². The van der Waals surface area contributed by atoms with Crippen molar-refractivity contribution in [2.75, 3.05) is 38.2 Å². The number of carboxylic acids is 2. The number of hydrogen-bond acceptors (Lipinski definition) is 7. The number of ether oxygens (including phenoxy) is 1. The summed E-state index contributed by atoms with van der Waals surface area (Å²) in [4.78, 5) is 32.6. The Morgan fingerprint density at radius 1 is 0.886 bits per heavy atom. The van der Waals surface area contributed by atoms with Crippen molar-refractivity contribution in [2.24, 2.45) is 0 Å². The van der Waals surface area contributed by atoms with Gasteiger partial charge in [-0.1, -0.05) is 30.3 Å². The van der Waals surface area contributed by atoms with Crippen molar-refractivity contribution in [3.8, 4) is 16.9 Å². The van der Waals surface area contributed by atoms with E-state index in [2.05, 4.69) is 56.2 Å². The maximum Gasteiger partial charge on any atom is 0.328 e. The highest BCUT2D eigenvalue weighted by Gasteiger charge is 2.18. The summed E-state index contributed by atoms with van der Waals surface area (Å²) in [6, 6.07) is 18.8. The van der Waals surface area contributed by atoms with Crippen LogP contribution in [0, 0.1) is 0 Å². The summed E-state index contributed by atoms with van der Waals surface area (Å²) in [6.07, 6.45) is 4.72. The van der Waals surface area contributed by atoms with E-state index in [4.69, 9.17) is 14.9 Å². The third-order valence-corrected chi connectivity index (χ3v) is 5.31. The van der Waals surface area contributed by atoms with Gasteiger partial charge in [0.15, 0.2) is 0 Å². The van der Waals surface area contributed by atoms with Gasteiger partial charge in [0.05, 0.1) is 7.11 Å². The van der Waals surface area contributed by atoms with E-state index in [9.17, 15) is 9.59 Å². The average Bonchev–Trinajstić information content (AvgIpc) is 2.89. The Kier molecular flexibility index (Phi) is 9.32. The Morgan fingerprint density at radius 3 is 2.09 bits per heavy atom. The third kappa shape index (κ3) is 8.24. The molecule has 35 heavy (non-hydrogen) atoms. The monoisotopic (exact) mass is 476 g/mol. The number of hydrogen-bond donors (Lipinski definition) is 2. The Bertz CT molecular complexity index is 1130. The van der Waals surface area contributed by atoms with Crippen LogP contribution in [0.3, 0.4) is 0 Å². The minimum atomic E-state index is -1.26. The number of carbonyl (C=O) groups is 2. The van der Waals surface area contributed by atoms with Crippen LogP contribution in [0.4, 0.5) is 5.95 Å². The van der Waals surface area contributed by atoms with Gasteiger partial charge in [0.25, 0.3) is 0 Å². The molecule has 0 amide bonds. The van der Waals surface area contributed by atoms with Crippen LogP contribution in [0.1, 0.15) is 5.56 Å². The van der Waals surface area contributed by atoms with Gasteiger partial charge >= 0.3 is 11.9 Å².